The summed E-state index contributed by atoms with van der Waals surface area (Å²) in [4.78, 5) is 0.0336. The molecule has 1 aromatic heterocycles. The van der Waals surface area contributed by atoms with E-state index in [0.717, 1.165) is 16.8 Å². The SMILES string of the molecule is COc1ccc(S(=O)(=O)Nc2c(C)nn(Cc3ccccc3C)c2C)c(OC)c1. The number of nitrogens with zero attached hydrogens (tertiary/aromatic N) is 2. The van der Waals surface area contributed by atoms with Gasteiger partial charge in [0.2, 0.25) is 0 Å². The number of sulfonamides is 1. The molecule has 3 rings (SSSR count). The lowest BCUT2D eigenvalue weighted by Crippen LogP contribution is -2.15. The normalized spacial score (nSPS) is 11.3. The molecule has 0 fully saturated rings. The average Bonchev–Trinajstić information content (AvgIpc) is 2.96. The highest BCUT2D eigenvalue weighted by Crippen LogP contribution is 2.31. The van der Waals surface area contributed by atoms with Crippen molar-refractivity contribution in [1.82, 2.24) is 9.78 Å². The number of aryl methyl sites for hydroxylation is 2. The summed E-state index contributed by atoms with van der Waals surface area (Å²) in [5.74, 6) is 0.721. The third-order valence-corrected chi connectivity index (χ3v) is 6.25. The van der Waals surface area contributed by atoms with Crippen LogP contribution < -0.4 is 14.2 Å². The second-order valence-electron chi connectivity index (χ2n) is 6.75. The predicted octanol–water partition coefficient (Wildman–Crippen LogP) is 3.67. The van der Waals surface area contributed by atoms with Gasteiger partial charge in [-0.15, -0.1) is 0 Å². The van der Waals surface area contributed by atoms with Crippen LogP contribution in [0.25, 0.3) is 0 Å². The van der Waals surface area contributed by atoms with Crippen molar-refractivity contribution >= 4 is 15.7 Å². The molecule has 0 atom stereocenters. The van der Waals surface area contributed by atoms with Crippen LogP contribution in [0.3, 0.4) is 0 Å². The van der Waals surface area contributed by atoms with Gasteiger partial charge < -0.3 is 9.47 Å². The summed E-state index contributed by atoms with van der Waals surface area (Å²) >= 11 is 0. The van der Waals surface area contributed by atoms with Crippen molar-refractivity contribution in [1.29, 1.82) is 0 Å². The molecule has 0 aliphatic rings. The monoisotopic (exact) mass is 415 g/mol. The van der Waals surface area contributed by atoms with Gasteiger partial charge in [-0.25, -0.2) is 8.42 Å². The van der Waals surface area contributed by atoms with E-state index in [2.05, 4.69) is 9.82 Å². The van der Waals surface area contributed by atoms with Gasteiger partial charge in [0, 0.05) is 6.07 Å². The van der Waals surface area contributed by atoms with Crippen LogP contribution in [-0.4, -0.2) is 32.4 Å². The fourth-order valence-corrected chi connectivity index (χ4v) is 4.46. The van der Waals surface area contributed by atoms with Crippen molar-refractivity contribution in [3.05, 3.63) is 65.0 Å². The van der Waals surface area contributed by atoms with Gasteiger partial charge in [-0.3, -0.25) is 9.40 Å². The summed E-state index contributed by atoms with van der Waals surface area (Å²) < 4.78 is 40.9. The average molecular weight is 416 g/mol. The van der Waals surface area contributed by atoms with Crippen LogP contribution in [0.4, 0.5) is 5.69 Å². The van der Waals surface area contributed by atoms with E-state index in [1.54, 1.807) is 17.7 Å². The third-order valence-electron chi connectivity index (χ3n) is 4.86. The number of methoxy groups -OCH3 is 2. The van der Waals surface area contributed by atoms with Gasteiger partial charge in [0.1, 0.15) is 16.4 Å². The van der Waals surface area contributed by atoms with Gasteiger partial charge in [0.05, 0.1) is 37.8 Å². The number of nitrogens with one attached hydrogen (secondary N) is 1. The topological polar surface area (TPSA) is 82.5 Å². The number of anilines is 1. The molecule has 7 nitrogen and oxygen atoms in total. The zero-order chi connectivity index (χ0) is 21.2. The molecule has 0 unspecified atom stereocenters. The predicted molar refractivity (Wildman–Crippen MR) is 112 cm³/mol. The highest BCUT2D eigenvalue weighted by Gasteiger charge is 2.24. The second-order valence-corrected chi connectivity index (χ2v) is 8.40. The molecule has 0 radical (unpaired) electrons. The molecule has 3 aromatic rings. The third kappa shape index (κ3) is 4.22. The quantitative estimate of drug-likeness (QED) is 0.637. The first-order chi connectivity index (χ1) is 13.8. The Kier molecular flexibility index (Phi) is 5.83. The van der Waals surface area contributed by atoms with Crippen LogP contribution in [0, 0.1) is 20.8 Å². The van der Waals surface area contributed by atoms with Crippen molar-refractivity contribution in [2.24, 2.45) is 0 Å². The summed E-state index contributed by atoms with van der Waals surface area (Å²) in [7, 11) is -0.946. The van der Waals surface area contributed by atoms with E-state index in [0.29, 0.717) is 23.7 Å². The maximum absolute atomic E-state index is 13.0. The minimum absolute atomic E-state index is 0.0336. The molecule has 0 aliphatic carbocycles. The first kappa shape index (κ1) is 20.7. The van der Waals surface area contributed by atoms with E-state index in [9.17, 15) is 8.42 Å². The van der Waals surface area contributed by atoms with Crippen molar-refractivity contribution in [3.63, 3.8) is 0 Å². The summed E-state index contributed by atoms with van der Waals surface area (Å²) in [6.07, 6.45) is 0. The van der Waals surface area contributed by atoms with Crippen molar-refractivity contribution in [3.8, 4) is 11.5 Å². The molecule has 0 saturated carbocycles. The van der Waals surface area contributed by atoms with Crippen LogP contribution in [0.15, 0.2) is 47.4 Å². The highest BCUT2D eigenvalue weighted by atomic mass is 32.2. The van der Waals surface area contributed by atoms with Crippen LogP contribution >= 0.6 is 0 Å². The molecule has 0 bridgehead atoms. The van der Waals surface area contributed by atoms with E-state index in [1.165, 1.54) is 26.4 Å². The summed E-state index contributed by atoms with van der Waals surface area (Å²) in [5, 5.41) is 4.53. The Morgan fingerprint density at radius 3 is 2.41 bits per heavy atom. The van der Waals surface area contributed by atoms with Crippen molar-refractivity contribution in [2.75, 3.05) is 18.9 Å². The summed E-state index contributed by atoms with van der Waals surface area (Å²) in [6, 6.07) is 12.6. The second kappa shape index (κ2) is 8.16. The van der Waals surface area contributed by atoms with E-state index in [-0.39, 0.29) is 10.6 Å². The zero-order valence-electron chi connectivity index (χ0n) is 17.2. The van der Waals surface area contributed by atoms with Crippen molar-refractivity contribution < 1.29 is 17.9 Å². The number of benzene rings is 2. The molecular weight excluding hydrogens is 390 g/mol. The lowest BCUT2D eigenvalue weighted by Gasteiger charge is -2.13. The molecule has 1 heterocycles. The molecule has 154 valence electrons. The summed E-state index contributed by atoms with van der Waals surface area (Å²) in [5.41, 5.74) is 4.10. The number of rotatable bonds is 7. The van der Waals surface area contributed by atoms with Crippen LogP contribution in [0.1, 0.15) is 22.5 Å². The summed E-state index contributed by atoms with van der Waals surface area (Å²) in [6.45, 7) is 6.24. The first-order valence-corrected chi connectivity index (χ1v) is 10.6. The van der Waals surface area contributed by atoms with Crippen molar-refractivity contribution in [2.45, 2.75) is 32.2 Å². The van der Waals surface area contributed by atoms with Crippen LogP contribution in [0.2, 0.25) is 0 Å². The maximum atomic E-state index is 13.0. The Labute approximate surface area is 171 Å². The highest BCUT2D eigenvalue weighted by molar-refractivity contribution is 7.92. The number of ether oxygens (including phenoxy) is 2. The van der Waals surface area contributed by atoms with Gasteiger partial charge in [0.15, 0.2) is 0 Å². The Bertz CT molecular complexity index is 1140. The minimum atomic E-state index is -3.88. The van der Waals surface area contributed by atoms with Gasteiger partial charge >= 0.3 is 0 Å². The van der Waals surface area contributed by atoms with E-state index < -0.39 is 10.0 Å². The Hall–Kier alpha value is -3.00. The zero-order valence-corrected chi connectivity index (χ0v) is 18.0. The fraction of sp³-hybridized carbons (Fsp3) is 0.286. The Morgan fingerprint density at radius 1 is 1.03 bits per heavy atom. The molecule has 0 aliphatic heterocycles. The first-order valence-electron chi connectivity index (χ1n) is 9.10. The molecule has 1 N–H and O–H groups in total. The van der Waals surface area contributed by atoms with Gasteiger partial charge in [-0.05, 0) is 44.0 Å². The lowest BCUT2D eigenvalue weighted by atomic mass is 10.1. The molecule has 0 saturated heterocycles. The maximum Gasteiger partial charge on any atom is 0.265 e. The molecule has 2 aromatic carbocycles. The Balaban J connectivity index is 1.94. The van der Waals surface area contributed by atoms with Gasteiger partial charge in [-0.2, -0.15) is 5.10 Å². The lowest BCUT2D eigenvalue weighted by molar-refractivity contribution is 0.386. The molecule has 8 heteroatoms. The minimum Gasteiger partial charge on any atom is -0.497 e. The smallest absolute Gasteiger partial charge is 0.265 e. The van der Waals surface area contributed by atoms with E-state index in [1.807, 2.05) is 38.1 Å². The largest absolute Gasteiger partial charge is 0.497 e. The fourth-order valence-electron chi connectivity index (χ4n) is 3.13. The van der Waals surface area contributed by atoms with E-state index >= 15 is 0 Å². The van der Waals surface area contributed by atoms with Gasteiger partial charge in [0.25, 0.3) is 10.0 Å². The Morgan fingerprint density at radius 2 is 1.76 bits per heavy atom. The molecule has 0 amide bonds. The number of hydrogen-bond acceptors (Lipinski definition) is 5. The molecule has 29 heavy (non-hydrogen) atoms. The van der Waals surface area contributed by atoms with E-state index in [4.69, 9.17) is 9.47 Å². The molecule has 0 spiro atoms. The van der Waals surface area contributed by atoms with Crippen LogP contribution in [0.5, 0.6) is 11.5 Å². The standard InChI is InChI=1S/C21H25N3O4S/c1-14-8-6-7-9-17(14)13-24-16(3)21(15(2)22-24)23-29(25,26)20-11-10-18(27-4)12-19(20)28-5/h6-12,23H,13H2,1-5H3. The number of aromatic nitrogens is 2. The molecular formula is C21H25N3O4S. The number of hydrogen-bond donors (Lipinski definition) is 1. The van der Waals surface area contributed by atoms with Gasteiger partial charge in [-0.1, -0.05) is 24.3 Å². The van der Waals surface area contributed by atoms with Crippen LogP contribution in [-0.2, 0) is 16.6 Å².